The summed E-state index contributed by atoms with van der Waals surface area (Å²) in [6.45, 7) is 0. The van der Waals surface area contributed by atoms with Gasteiger partial charge in [0.25, 0.3) is 5.88 Å². The summed E-state index contributed by atoms with van der Waals surface area (Å²) in [5.41, 5.74) is 0.378. The van der Waals surface area contributed by atoms with Crippen molar-refractivity contribution in [2.24, 2.45) is 5.41 Å². The summed E-state index contributed by atoms with van der Waals surface area (Å²) in [5.74, 6) is -0.306. The lowest BCUT2D eigenvalue weighted by Crippen LogP contribution is -2.35. The molecule has 2 N–H and O–H groups in total. The second-order valence-corrected chi connectivity index (χ2v) is 8.89. The van der Waals surface area contributed by atoms with Gasteiger partial charge in [0.05, 0.1) is 31.6 Å². The molecule has 4 aromatic rings. The molecule has 5 rings (SSSR count). The number of hydrogen-bond donors (Lipinski definition) is 2. The molecule has 0 radical (unpaired) electrons. The van der Waals surface area contributed by atoms with Gasteiger partial charge in [0.15, 0.2) is 11.5 Å². The van der Waals surface area contributed by atoms with Gasteiger partial charge in [-0.1, -0.05) is 11.6 Å². The van der Waals surface area contributed by atoms with Crippen molar-refractivity contribution in [2.45, 2.75) is 12.8 Å². The number of fused-ring (bicyclic) bond motifs is 1. The molecule has 1 aliphatic carbocycles. The lowest BCUT2D eigenvalue weighted by Gasteiger charge is -2.16. The number of carbonyl (C=O) groups is 2. The lowest BCUT2D eigenvalue weighted by atomic mass is 10.0. The van der Waals surface area contributed by atoms with Crippen molar-refractivity contribution in [1.82, 2.24) is 15.0 Å². The Labute approximate surface area is 221 Å². The van der Waals surface area contributed by atoms with E-state index < -0.39 is 23.0 Å². The van der Waals surface area contributed by atoms with Gasteiger partial charge in [0.1, 0.15) is 21.8 Å². The topological polar surface area (TPSA) is 125 Å². The highest BCUT2D eigenvalue weighted by Crippen LogP contribution is 2.47. The Kier molecular flexibility index (Phi) is 6.68. The predicted octanol–water partition coefficient (Wildman–Crippen LogP) is 4.98. The van der Waals surface area contributed by atoms with Crippen LogP contribution in [0.4, 0.5) is 15.8 Å². The van der Waals surface area contributed by atoms with Crippen molar-refractivity contribution < 1.29 is 28.2 Å². The fraction of sp³-hybridized carbons (Fsp3) is 0.192. The zero-order valence-electron chi connectivity index (χ0n) is 20.2. The van der Waals surface area contributed by atoms with E-state index in [0.717, 1.165) is 0 Å². The number of methoxy groups -OCH3 is 2. The molecular weight excluding hydrogens is 517 g/mol. The van der Waals surface area contributed by atoms with Gasteiger partial charge in [-0.2, -0.15) is 0 Å². The highest BCUT2D eigenvalue weighted by Gasteiger charge is 2.56. The third-order valence-corrected chi connectivity index (χ3v) is 6.28. The van der Waals surface area contributed by atoms with Crippen molar-refractivity contribution in [3.8, 4) is 23.3 Å². The van der Waals surface area contributed by atoms with E-state index in [4.69, 9.17) is 25.8 Å². The molecule has 194 valence electrons. The molecule has 0 bridgehead atoms. The van der Waals surface area contributed by atoms with E-state index in [-0.39, 0.29) is 22.5 Å². The molecule has 1 aliphatic rings. The average Bonchev–Trinajstić information content (AvgIpc) is 3.73. The van der Waals surface area contributed by atoms with Gasteiger partial charge in [0.2, 0.25) is 17.7 Å². The van der Waals surface area contributed by atoms with Crippen LogP contribution < -0.4 is 24.8 Å². The highest BCUT2D eigenvalue weighted by atomic mass is 35.5. The van der Waals surface area contributed by atoms with Crippen molar-refractivity contribution in [3.05, 3.63) is 65.7 Å². The van der Waals surface area contributed by atoms with Gasteiger partial charge in [-0.25, -0.2) is 14.4 Å². The average molecular weight is 538 g/mol. The lowest BCUT2D eigenvalue weighted by molar-refractivity contribution is -0.131. The van der Waals surface area contributed by atoms with E-state index in [1.165, 1.54) is 50.7 Å². The number of anilines is 2. The second kappa shape index (κ2) is 10.1. The minimum Gasteiger partial charge on any atom is -0.491 e. The molecule has 10 nitrogen and oxygen atoms in total. The van der Waals surface area contributed by atoms with E-state index in [0.29, 0.717) is 41.1 Å². The Hall–Kier alpha value is -4.51. The molecule has 1 fully saturated rings. The predicted molar refractivity (Wildman–Crippen MR) is 137 cm³/mol. The summed E-state index contributed by atoms with van der Waals surface area (Å²) in [5, 5.41) is 5.47. The van der Waals surface area contributed by atoms with Crippen LogP contribution >= 0.6 is 11.6 Å². The number of carbonyl (C=O) groups excluding carboxylic acids is 2. The Bertz CT molecular complexity index is 1550. The van der Waals surface area contributed by atoms with E-state index in [2.05, 4.69) is 25.6 Å². The minimum atomic E-state index is -1.22. The summed E-state index contributed by atoms with van der Waals surface area (Å²) in [4.78, 5) is 38.7. The van der Waals surface area contributed by atoms with Crippen LogP contribution in [0.1, 0.15) is 12.8 Å². The number of pyridine rings is 3. The summed E-state index contributed by atoms with van der Waals surface area (Å²) < 4.78 is 29.6. The van der Waals surface area contributed by atoms with E-state index >= 15 is 0 Å². The maximum Gasteiger partial charge on any atom is 0.257 e. The first kappa shape index (κ1) is 25.2. The van der Waals surface area contributed by atoms with Crippen molar-refractivity contribution in [1.29, 1.82) is 0 Å². The van der Waals surface area contributed by atoms with Crippen LogP contribution in [0, 0.1) is 11.2 Å². The highest BCUT2D eigenvalue weighted by molar-refractivity contribution is 6.32. The normalized spacial score (nSPS) is 13.5. The molecule has 3 heterocycles. The molecule has 0 spiro atoms. The zero-order chi connectivity index (χ0) is 26.9. The summed E-state index contributed by atoms with van der Waals surface area (Å²) in [7, 11) is 2.97. The summed E-state index contributed by atoms with van der Waals surface area (Å²) in [6.07, 6.45) is 3.67. The van der Waals surface area contributed by atoms with E-state index in [1.54, 1.807) is 18.3 Å². The number of benzene rings is 1. The number of nitrogens with one attached hydrogen (secondary N) is 2. The smallest absolute Gasteiger partial charge is 0.257 e. The third-order valence-electron chi connectivity index (χ3n) is 6.01. The largest absolute Gasteiger partial charge is 0.491 e. The number of amides is 2. The van der Waals surface area contributed by atoms with Crippen LogP contribution in [0.3, 0.4) is 0 Å². The number of halogens is 2. The molecule has 0 unspecified atom stereocenters. The van der Waals surface area contributed by atoms with E-state index in [1.807, 2.05) is 0 Å². The Morgan fingerprint density at radius 1 is 0.921 bits per heavy atom. The van der Waals surface area contributed by atoms with Crippen molar-refractivity contribution in [2.75, 3.05) is 24.9 Å². The molecule has 3 aromatic heterocycles. The molecule has 0 saturated heterocycles. The van der Waals surface area contributed by atoms with Gasteiger partial charge < -0.3 is 24.8 Å². The van der Waals surface area contributed by atoms with Gasteiger partial charge in [-0.05, 0) is 43.2 Å². The first-order chi connectivity index (χ1) is 18.3. The van der Waals surface area contributed by atoms with Crippen molar-refractivity contribution in [3.63, 3.8) is 0 Å². The number of nitrogens with zero attached hydrogens (tertiary/aromatic N) is 3. The molecule has 38 heavy (non-hydrogen) atoms. The quantitative estimate of drug-likeness (QED) is 0.301. The van der Waals surface area contributed by atoms with Crippen LogP contribution in [0.15, 0.2) is 54.9 Å². The van der Waals surface area contributed by atoms with Crippen molar-refractivity contribution >= 4 is 45.8 Å². The Morgan fingerprint density at radius 3 is 2.26 bits per heavy atom. The van der Waals surface area contributed by atoms with Crippen LogP contribution in [-0.4, -0.2) is 41.0 Å². The molecule has 1 saturated carbocycles. The van der Waals surface area contributed by atoms with Crippen LogP contribution in [0.25, 0.3) is 11.0 Å². The van der Waals surface area contributed by atoms with Crippen LogP contribution in [0.5, 0.6) is 23.3 Å². The second-order valence-electron chi connectivity index (χ2n) is 8.49. The number of hydrogen-bond acceptors (Lipinski definition) is 8. The van der Waals surface area contributed by atoms with E-state index in [9.17, 15) is 14.0 Å². The number of ether oxygens (including phenoxy) is 3. The number of rotatable bonds is 8. The molecule has 1 aromatic carbocycles. The molecule has 0 atom stereocenters. The fourth-order valence-electron chi connectivity index (χ4n) is 3.78. The van der Waals surface area contributed by atoms with Gasteiger partial charge in [-0.3, -0.25) is 14.6 Å². The minimum absolute atomic E-state index is 0.0731. The molecule has 12 heteroatoms. The summed E-state index contributed by atoms with van der Waals surface area (Å²) in [6, 6.07) is 10.0. The molecule has 0 aliphatic heterocycles. The van der Waals surface area contributed by atoms with Crippen LogP contribution in [0.2, 0.25) is 5.02 Å². The Morgan fingerprint density at radius 2 is 1.63 bits per heavy atom. The first-order valence-corrected chi connectivity index (χ1v) is 11.8. The molecule has 2 amide bonds. The fourth-order valence-corrected chi connectivity index (χ4v) is 3.98. The monoisotopic (exact) mass is 537 g/mol. The number of aromatic nitrogens is 3. The Balaban J connectivity index is 1.31. The zero-order valence-corrected chi connectivity index (χ0v) is 21.0. The maximum absolute atomic E-state index is 13.1. The van der Waals surface area contributed by atoms with Crippen LogP contribution in [-0.2, 0) is 9.59 Å². The van der Waals surface area contributed by atoms with Gasteiger partial charge >= 0.3 is 0 Å². The standard InChI is InChI=1S/C26H21ClFN5O5/c1-36-20-12-18-21(33-23(20)37-2)19(7-10-29-18)38-22-17(27)11-16(13-30-22)32-25(35)26(8-9-26)24(34)31-15-5-3-14(28)4-6-15/h3-7,10-13H,8-9H2,1-2H3,(H,31,34)(H,32,35). The molecular formula is C26H21ClFN5O5. The van der Waals surface area contributed by atoms with Gasteiger partial charge in [0, 0.05) is 24.0 Å². The first-order valence-electron chi connectivity index (χ1n) is 11.4. The third kappa shape index (κ3) is 4.88. The SMILES string of the molecule is COc1cc2nccc(Oc3ncc(NC(=O)C4(C(=O)Nc5ccc(F)cc5)CC4)cc3Cl)c2nc1OC. The maximum atomic E-state index is 13.1. The van der Waals surface area contributed by atoms with Gasteiger partial charge in [-0.15, -0.1) is 0 Å². The summed E-state index contributed by atoms with van der Waals surface area (Å²) >= 11 is 6.40.